The highest BCUT2D eigenvalue weighted by molar-refractivity contribution is 8.01. The smallest absolute Gasteiger partial charge is 0.307 e. The summed E-state index contributed by atoms with van der Waals surface area (Å²) in [6.45, 7) is -0.175. The van der Waals surface area contributed by atoms with Crippen LogP contribution in [0.3, 0.4) is 0 Å². The number of aromatic nitrogens is 2. The molecule has 1 N–H and O–H groups in total. The van der Waals surface area contributed by atoms with E-state index in [0.29, 0.717) is 10.6 Å². The Labute approximate surface area is 169 Å². The lowest BCUT2D eigenvalue weighted by Gasteiger charge is -2.23. The molecule has 0 aliphatic carbocycles. The predicted molar refractivity (Wildman–Crippen MR) is 104 cm³/mol. The molecule has 0 unspecified atom stereocenters. The molecule has 0 radical (unpaired) electrons. The maximum atomic E-state index is 12.2. The molecule has 1 amide bonds. The van der Waals surface area contributed by atoms with Gasteiger partial charge in [-0.1, -0.05) is 35.9 Å². The number of hydrogen-bond acceptors (Lipinski definition) is 7. The second kappa shape index (κ2) is 8.04. The van der Waals surface area contributed by atoms with Gasteiger partial charge in [0.2, 0.25) is 11.8 Å². The Hall–Kier alpha value is -2.84. The van der Waals surface area contributed by atoms with Gasteiger partial charge in [-0.2, -0.15) is 0 Å². The Balaban J connectivity index is 1.34. The Morgan fingerprint density at radius 2 is 1.96 bits per heavy atom. The van der Waals surface area contributed by atoms with Crippen molar-refractivity contribution < 1.29 is 18.7 Å². The molecule has 0 saturated heterocycles. The number of benzene rings is 2. The topological polar surface area (TPSA) is 94.3 Å². The van der Waals surface area contributed by atoms with E-state index >= 15 is 0 Å². The van der Waals surface area contributed by atoms with E-state index in [1.54, 1.807) is 24.3 Å². The largest absolute Gasteiger partial charge is 0.456 e. The van der Waals surface area contributed by atoms with Crippen LogP contribution in [0.1, 0.15) is 12.3 Å². The SMILES string of the molecule is O=C(C[C@H]1Sc2ccccc2NC1=O)OCc1nnc(-c2ccccc2Cl)o1. The molecule has 9 heteroatoms. The summed E-state index contributed by atoms with van der Waals surface area (Å²) in [6.07, 6.45) is -0.0592. The summed E-state index contributed by atoms with van der Waals surface area (Å²) in [7, 11) is 0. The van der Waals surface area contributed by atoms with Gasteiger partial charge in [0.05, 0.1) is 27.9 Å². The number of thioether (sulfide) groups is 1. The number of para-hydroxylation sites is 1. The lowest BCUT2D eigenvalue weighted by atomic mass is 10.2. The minimum Gasteiger partial charge on any atom is -0.456 e. The normalized spacial score (nSPS) is 15.6. The number of carbonyl (C=O) groups excluding carboxylic acids is 2. The average Bonchev–Trinajstić information content (AvgIpc) is 3.16. The number of carbonyl (C=O) groups is 2. The maximum absolute atomic E-state index is 12.2. The Bertz CT molecular complexity index is 1040. The second-order valence-corrected chi connectivity index (χ2v) is 7.59. The zero-order valence-corrected chi connectivity index (χ0v) is 16.0. The number of ether oxygens (including phenoxy) is 1. The summed E-state index contributed by atoms with van der Waals surface area (Å²) in [5.74, 6) is -0.353. The molecule has 142 valence electrons. The molecular formula is C19H14ClN3O4S. The lowest BCUT2D eigenvalue weighted by Crippen LogP contribution is -2.31. The zero-order valence-electron chi connectivity index (χ0n) is 14.4. The van der Waals surface area contributed by atoms with Gasteiger partial charge in [0.15, 0.2) is 6.61 Å². The van der Waals surface area contributed by atoms with Crippen LogP contribution >= 0.6 is 23.4 Å². The van der Waals surface area contributed by atoms with Crippen molar-refractivity contribution in [2.24, 2.45) is 0 Å². The van der Waals surface area contributed by atoms with Crippen LogP contribution in [-0.4, -0.2) is 27.3 Å². The van der Waals surface area contributed by atoms with E-state index < -0.39 is 11.2 Å². The first-order valence-corrected chi connectivity index (χ1v) is 9.65. The number of anilines is 1. The first-order chi connectivity index (χ1) is 13.6. The van der Waals surface area contributed by atoms with Gasteiger partial charge in [-0.25, -0.2) is 0 Å². The van der Waals surface area contributed by atoms with Crippen molar-refractivity contribution in [3.63, 3.8) is 0 Å². The number of fused-ring (bicyclic) bond motifs is 1. The fourth-order valence-corrected chi connectivity index (χ4v) is 3.95. The van der Waals surface area contributed by atoms with Crippen LogP contribution in [0, 0.1) is 0 Å². The number of nitrogens with one attached hydrogen (secondary N) is 1. The van der Waals surface area contributed by atoms with Crippen molar-refractivity contribution in [3.05, 3.63) is 59.4 Å². The second-order valence-electron chi connectivity index (χ2n) is 5.94. The Kier molecular flexibility index (Phi) is 5.31. The van der Waals surface area contributed by atoms with E-state index in [0.717, 1.165) is 10.6 Å². The Morgan fingerprint density at radius 1 is 1.18 bits per heavy atom. The zero-order chi connectivity index (χ0) is 19.5. The molecule has 3 aromatic rings. The van der Waals surface area contributed by atoms with Crippen molar-refractivity contribution in [3.8, 4) is 11.5 Å². The predicted octanol–water partition coefficient (Wildman–Crippen LogP) is 3.94. The minimum absolute atomic E-state index is 0.0592. The van der Waals surface area contributed by atoms with Gasteiger partial charge in [-0.3, -0.25) is 9.59 Å². The third-order valence-corrected chi connectivity index (χ3v) is 5.59. The van der Waals surface area contributed by atoms with Crippen LogP contribution in [0.15, 0.2) is 57.8 Å². The summed E-state index contributed by atoms with van der Waals surface area (Å²) < 4.78 is 10.7. The lowest BCUT2D eigenvalue weighted by molar-refractivity contribution is -0.146. The number of hydrogen-bond donors (Lipinski definition) is 1. The van der Waals surface area contributed by atoms with E-state index in [4.69, 9.17) is 20.8 Å². The Morgan fingerprint density at radius 3 is 2.82 bits per heavy atom. The third kappa shape index (κ3) is 4.02. The van der Waals surface area contributed by atoms with Crippen molar-refractivity contribution in [2.75, 3.05) is 5.32 Å². The minimum atomic E-state index is -0.552. The molecule has 2 heterocycles. The molecule has 1 aliphatic rings. The highest BCUT2D eigenvalue weighted by Crippen LogP contribution is 2.36. The van der Waals surface area contributed by atoms with Gasteiger partial charge in [-0.05, 0) is 24.3 Å². The summed E-state index contributed by atoms with van der Waals surface area (Å²) in [5.41, 5.74) is 1.35. The first kappa shape index (κ1) is 18.5. The number of amides is 1. The summed E-state index contributed by atoms with van der Waals surface area (Å²) in [5, 5.41) is 10.5. The molecule has 0 spiro atoms. The highest BCUT2D eigenvalue weighted by Gasteiger charge is 2.29. The molecule has 1 aliphatic heterocycles. The molecule has 0 bridgehead atoms. The van der Waals surface area contributed by atoms with E-state index in [-0.39, 0.29) is 30.7 Å². The first-order valence-electron chi connectivity index (χ1n) is 8.39. The van der Waals surface area contributed by atoms with Crippen LogP contribution in [0.25, 0.3) is 11.5 Å². The molecule has 2 aromatic carbocycles. The third-order valence-electron chi connectivity index (χ3n) is 3.99. The fourth-order valence-electron chi connectivity index (χ4n) is 2.64. The molecule has 1 aromatic heterocycles. The molecular weight excluding hydrogens is 402 g/mol. The van der Waals surface area contributed by atoms with Gasteiger partial charge in [0.1, 0.15) is 0 Å². The van der Waals surface area contributed by atoms with E-state index in [1.807, 2.05) is 24.3 Å². The van der Waals surface area contributed by atoms with Crippen LogP contribution in [0.2, 0.25) is 5.02 Å². The molecule has 0 fully saturated rings. The fraction of sp³-hybridized carbons (Fsp3) is 0.158. The van der Waals surface area contributed by atoms with E-state index in [9.17, 15) is 9.59 Å². The van der Waals surface area contributed by atoms with Crippen LogP contribution in [-0.2, 0) is 20.9 Å². The molecule has 7 nitrogen and oxygen atoms in total. The van der Waals surface area contributed by atoms with Crippen molar-refractivity contribution >= 4 is 40.9 Å². The average molecular weight is 416 g/mol. The van der Waals surface area contributed by atoms with Gasteiger partial charge < -0.3 is 14.5 Å². The monoisotopic (exact) mass is 415 g/mol. The van der Waals surface area contributed by atoms with Crippen LogP contribution in [0.4, 0.5) is 5.69 Å². The van der Waals surface area contributed by atoms with Crippen molar-refractivity contribution in [1.82, 2.24) is 10.2 Å². The summed E-state index contributed by atoms with van der Waals surface area (Å²) in [4.78, 5) is 25.2. The number of rotatable bonds is 5. The van der Waals surface area contributed by atoms with Gasteiger partial charge in [0, 0.05) is 4.90 Å². The maximum Gasteiger partial charge on any atom is 0.307 e. The highest BCUT2D eigenvalue weighted by atomic mass is 35.5. The molecule has 1 atom stereocenters. The van der Waals surface area contributed by atoms with E-state index in [1.165, 1.54) is 11.8 Å². The van der Waals surface area contributed by atoms with Crippen molar-refractivity contribution in [2.45, 2.75) is 23.2 Å². The standard InChI is InChI=1S/C19H14ClN3O4S/c20-12-6-2-1-5-11(12)19-23-22-16(27-19)10-26-17(24)9-15-18(25)21-13-7-3-4-8-14(13)28-15/h1-8,15H,9-10H2,(H,21,25)/t15-/m1/s1. The summed E-state index contributed by atoms with van der Waals surface area (Å²) in [6, 6.07) is 14.5. The van der Waals surface area contributed by atoms with E-state index in [2.05, 4.69) is 15.5 Å². The van der Waals surface area contributed by atoms with Gasteiger partial charge >= 0.3 is 5.97 Å². The summed E-state index contributed by atoms with van der Waals surface area (Å²) >= 11 is 7.44. The van der Waals surface area contributed by atoms with Gasteiger partial charge in [-0.15, -0.1) is 22.0 Å². The number of nitrogens with zero attached hydrogens (tertiary/aromatic N) is 2. The molecule has 28 heavy (non-hydrogen) atoms. The number of halogens is 1. The van der Waals surface area contributed by atoms with Crippen molar-refractivity contribution in [1.29, 1.82) is 0 Å². The molecule has 4 rings (SSSR count). The van der Waals surface area contributed by atoms with Crippen LogP contribution in [0.5, 0.6) is 0 Å². The quantitative estimate of drug-likeness (QED) is 0.630. The molecule has 0 saturated carbocycles. The number of esters is 1. The van der Waals surface area contributed by atoms with Crippen LogP contribution < -0.4 is 5.32 Å². The van der Waals surface area contributed by atoms with Gasteiger partial charge in [0.25, 0.3) is 5.89 Å².